The van der Waals surface area contributed by atoms with Gasteiger partial charge in [0.2, 0.25) is 0 Å². The van der Waals surface area contributed by atoms with Gasteiger partial charge in [0.25, 0.3) is 0 Å². The minimum Gasteiger partial charge on any atom is -0.324 e. The summed E-state index contributed by atoms with van der Waals surface area (Å²) in [5.41, 5.74) is 4.94. The van der Waals surface area contributed by atoms with Crippen molar-refractivity contribution in [2.75, 3.05) is 0 Å². The lowest BCUT2D eigenvalue weighted by Crippen LogP contribution is -2.11. The van der Waals surface area contributed by atoms with Crippen LogP contribution in [0.15, 0.2) is 18.2 Å². The van der Waals surface area contributed by atoms with Gasteiger partial charge in [0.1, 0.15) is 0 Å². The van der Waals surface area contributed by atoms with E-state index in [1.54, 1.807) is 6.92 Å². The minimum atomic E-state index is -4.43. The van der Waals surface area contributed by atoms with Crippen LogP contribution in [0.2, 0.25) is 5.02 Å². The Labute approximate surface area is 96.8 Å². The molecular weight excluding hydrogens is 250 g/mol. The predicted octanol–water partition coefficient (Wildman–Crippen LogP) is 3.80. The first-order valence-corrected chi connectivity index (χ1v) is 4.33. The lowest BCUT2D eigenvalue weighted by molar-refractivity contribution is -0.137. The molecule has 0 heterocycles. The van der Waals surface area contributed by atoms with Crippen LogP contribution in [-0.2, 0) is 6.18 Å². The van der Waals surface area contributed by atoms with Gasteiger partial charge in [-0.3, -0.25) is 0 Å². The Morgan fingerprint density at radius 3 is 2.27 bits per heavy atom. The molecule has 0 radical (unpaired) electrons. The smallest absolute Gasteiger partial charge is 0.324 e. The lowest BCUT2D eigenvalue weighted by Gasteiger charge is -2.14. The van der Waals surface area contributed by atoms with Gasteiger partial charge in [0.15, 0.2) is 0 Å². The van der Waals surface area contributed by atoms with Crippen molar-refractivity contribution in [1.29, 1.82) is 0 Å². The molecule has 1 rings (SSSR count). The van der Waals surface area contributed by atoms with Gasteiger partial charge in [-0.1, -0.05) is 23.7 Å². The van der Waals surface area contributed by atoms with Gasteiger partial charge >= 0.3 is 6.18 Å². The minimum absolute atomic E-state index is 0. The molecule has 1 nitrogen and oxygen atoms in total. The normalized spacial score (nSPS) is 13.2. The van der Waals surface area contributed by atoms with Crippen molar-refractivity contribution in [1.82, 2.24) is 0 Å². The third-order valence-corrected chi connectivity index (χ3v) is 2.25. The van der Waals surface area contributed by atoms with Crippen LogP contribution in [-0.4, -0.2) is 0 Å². The standard InChI is InChI=1S/C9H9ClF3N.ClH/c1-5(14)6-3-2-4-7(8(6)10)9(11,12)13;/h2-5H,14H2,1H3;1H/t5-;/m1./s1. The van der Waals surface area contributed by atoms with E-state index in [-0.39, 0.29) is 17.4 Å². The molecule has 0 unspecified atom stereocenters. The molecule has 0 bridgehead atoms. The fraction of sp³-hybridized carbons (Fsp3) is 0.333. The number of benzene rings is 1. The molecule has 15 heavy (non-hydrogen) atoms. The van der Waals surface area contributed by atoms with E-state index >= 15 is 0 Å². The Hall–Kier alpha value is -0.450. The Balaban J connectivity index is 0.00000196. The van der Waals surface area contributed by atoms with Crippen molar-refractivity contribution in [2.24, 2.45) is 5.73 Å². The van der Waals surface area contributed by atoms with Crippen molar-refractivity contribution in [2.45, 2.75) is 19.1 Å². The maximum Gasteiger partial charge on any atom is 0.417 e. The van der Waals surface area contributed by atoms with Crippen LogP contribution in [0.1, 0.15) is 24.1 Å². The molecule has 0 saturated carbocycles. The van der Waals surface area contributed by atoms with Crippen molar-refractivity contribution >= 4 is 24.0 Å². The van der Waals surface area contributed by atoms with Gasteiger partial charge in [0, 0.05) is 6.04 Å². The summed E-state index contributed by atoms with van der Waals surface area (Å²) in [6, 6.07) is 3.22. The van der Waals surface area contributed by atoms with Crippen molar-refractivity contribution in [3.63, 3.8) is 0 Å². The first kappa shape index (κ1) is 14.5. The zero-order valence-electron chi connectivity index (χ0n) is 7.81. The number of halogens is 5. The second-order valence-corrected chi connectivity index (χ2v) is 3.37. The molecule has 1 aromatic carbocycles. The second-order valence-electron chi connectivity index (χ2n) is 3.00. The molecular formula is C9H10Cl2F3N. The SMILES string of the molecule is C[C@@H](N)c1cccc(C(F)(F)F)c1Cl.Cl. The largest absolute Gasteiger partial charge is 0.417 e. The van der Waals surface area contributed by atoms with E-state index in [1.165, 1.54) is 12.1 Å². The van der Waals surface area contributed by atoms with Crippen LogP contribution >= 0.6 is 24.0 Å². The molecule has 2 N–H and O–H groups in total. The molecule has 0 fully saturated rings. The van der Waals surface area contributed by atoms with E-state index in [2.05, 4.69) is 0 Å². The van der Waals surface area contributed by atoms with E-state index in [9.17, 15) is 13.2 Å². The molecule has 86 valence electrons. The Bertz CT molecular complexity index is 337. The average Bonchev–Trinajstić information content (AvgIpc) is 2.01. The fourth-order valence-corrected chi connectivity index (χ4v) is 1.53. The number of nitrogens with two attached hydrogens (primary N) is 1. The third kappa shape index (κ3) is 3.26. The highest BCUT2D eigenvalue weighted by atomic mass is 35.5. The summed E-state index contributed by atoms with van der Waals surface area (Å²) in [5, 5.41) is -0.310. The average molecular weight is 260 g/mol. The van der Waals surface area contributed by atoms with Crippen LogP contribution in [0.3, 0.4) is 0 Å². The summed E-state index contributed by atoms with van der Waals surface area (Å²) in [6.45, 7) is 1.58. The monoisotopic (exact) mass is 259 g/mol. The van der Waals surface area contributed by atoms with E-state index in [4.69, 9.17) is 17.3 Å². The molecule has 0 saturated heterocycles. The molecule has 1 aromatic rings. The number of rotatable bonds is 1. The molecule has 1 atom stereocenters. The predicted molar refractivity (Wildman–Crippen MR) is 56.3 cm³/mol. The molecule has 0 aromatic heterocycles. The molecule has 0 aliphatic heterocycles. The third-order valence-electron chi connectivity index (χ3n) is 1.82. The summed E-state index contributed by atoms with van der Waals surface area (Å²) < 4.78 is 37.1. The Kier molecular flexibility index (Phi) is 4.90. The van der Waals surface area contributed by atoms with Gasteiger partial charge in [-0.2, -0.15) is 13.2 Å². The van der Waals surface area contributed by atoms with Crippen LogP contribution < -0.4 is 5.73 Å². The van der Waals surface area contributed by atoms with E-state index in [0.29, 0.717) is 5.56 Å². The van der Waals surface area contributed by atoms with Crippen molar-refractivity contribution < 1.29 is 13.2 Å². The molecule has 0 amide bonds. The Morgan fingerprint density at radius 1 is 1.33 bits per heavy atom. The molecule has 0 aliphatic rings. The maximum absolute atomic E-state index is 12.4. The van der Waals surface area contributed by atoms with E-state index < -0.39 is 17.8 Å². The molecule has 0 spiro atoms. The summed E-state index contributed by atoms with van der Waals surface area (Å²) >= 11 is 5.59. The quantitative estimate of drug-likeness (QED) is 0.816. The highest BCUT2D eigenvalue weighted by Gasteiger charge is 2.33. The van der Waals surface area contributed by atoms with Gasteiger partial charge in [-0.05, 0) is 18.6 Å². The lowest BCUT2D eigenvalue weighted by atomic mass is 10.1. The first-order chi connectivity index (χ1) is 6.34. The van der Waals surface area contributed by atoms with Gasteiger partial charge in [-0.25, -0.2) is 0 Å². The molecule has 0 aliphatic carbocycles. The van der Waals surface area contributed by atoms with Gasteiger partial charge in [-0.15, -0.1) is 12.4 Å². The van der Waals surface area contributed by atoms with Crippen LogP contribution in [0.5, 0.6) is 0 Å². The Morgan fingerprint density at radius 2 is 1.87 bits per heavy atom. The van der Waals surface area contributed by atoms with Crippen LogP contribution in [0.4, 0.5) is 13.2 Å². The summed E-state index contributed by atoms with van der Waals surface area (Å²) in [5.74, 6) is 0. The number of hydrogen-bond acceptors (Lipinski definition) is 1. The van der Waals surface area contributed by atoms with Crippen molar-refractivity contribution in [3.8, 4) is 0 Å². The fourth-order valence-electron chi connectivity index (χ4n) is 1.12. The van der Waals surface area contributed by atoms with Crippen LogP contribution in [0, 0.1) is 0 Å². The maximum atomic E-state index is 12.4. The summed E-state index contributed by atoms with van der Waals surface area (Å²) in [4.78, 5) is 0. The van der Waals surface area contributed by atoms with E-state index in [1.807, 2.05) is 0 Å². The zero-order valence-corrected chi connectivity index (χ0v) is 9.38. The van der Waals surface area contributed by atoms with Crippen molar-refractivity contribution in [3.05, 3.63) is 34.3 Å². The summed E-state index contributed by atoms with van der Waals surface area (Å²) in [7, 11) is 0. The van der Waals surface area contributed by atoms with Gasteiger partial charge in [0.05, 0.1) is 10.6 Å². The zero-order chi connectivity index (χ0) is 10.9. The summed E-state index contributed by atoms with van der Waals surface area (Å²) in [6.07, 6.45) is -4.43. The van der Waals surface area contributed by atoms with E-state index in [0.717, 1.165) is 6.07 Å². The highest BCUT2D eigenvalue weighted by Crippen LogP contribution is 2.37. The number of alkyl halides is 3. The highest BCUT2D eigenvalue weighted by molar-refractivity contribution is 6.32. The first-order valence-electron chi connectivity index (χ1n) is 3.95. The second kappa shape index (κ2) is 5.05. The number of hydrogen-bond donors (Lipinski definition) is 1. The molecule has 6 heteroatoms. The van der Waals surface area contributed by atoms with Crippen LogP contribution in [0.25, 0.3) is 0 Å². The topological polar surface area (TPSA) is 26.0 Å². The van der Waals surface area contributed by atoms with Gasteiger partial charge < -0.3 is 5.73 Å².